The minimum atomic E-state index is -1.26. The predicted octanol–water partition coefficient (Wildman–Crippen LogP) is 3.99. The lowest BCUT2D eigenvalue weighted by Gasteiger charge is -2.28. The Hall–Kier alpha value is -4.76. The van der Waals surface area contributed by atoms with Crippen LogP contribution in [0.15, 0.2) is 52.7 Å². The molecule has 0 spiro atoms. The van der Waals surface area contributed by atoms with Gasteiger partial charge >= 0.3 is 6.01 Å². The molecule has 1 unspecified atom stereocenters. The van der Waals surface area contributed by atoms with Crippen LogP contribution >= 0.6 is 11.6 Å². The molecule has 1 amide bonds. The van der Waals surface area contributed by atoms with Gasteiger partial charge in [0.15, 0.2) is 0 Å². The third-order valence-electron chi connectivity index (χ3n) is 6.29. The average molecular weight is 566 g/mol. The first-order valence-electron chi connectivity index (χ1n) is 12.0. The number of carbonyl (C=O) groups excluding carboxylic acids is 1. The van der Waals surface area contributed by atoms with Gasteiger partial charge in [0.05, 0.1) is 43.1 Å². The molecule has 13 heteroatoms. The van der Waals surface area contributed by atoms with Gasteiger partial charge in [-0.1, -0.05) is 31.5 Å². The van der Waals surface area contributed by atoms with E-state index in [1.807, 2.05) is 19.9 Å². The normalized spacial score (nSPS) is 16.3. The quantitative estimate of drug-likeness (QED) is 0.437. The number of nitrogens with zero attached hydrogens (tertiary/aromatic N) is 5. The number of aromatic nitrogens is 3. The highest BCUT2D eigenvalue weighted by molar-refractivity contribution is 6.52. The van der Waals surface area contributed by atoms with E-state index in [9.17, 15) is 14.9 Å². The summed E-state index contributed by atoms with van der Waals surface area (Å²) in [6.45, 7) is 3.63. The molecule has 0 aliphatic carbocycles. The number of hydrogen-bond donors (Lipinski definition) is 2. The van der Waals surface area contributed by atoms with Crippen molar-refractivity contribution in [1.29, 1.82) is 10.7 Å². The van der Waals surface area contributed by atoms with Crippen LogP contribution in [0.1, 0.15) is 31.0 Å². The largest absolute Gasteiger partial charge is 0.479 e. The standard InChI is InChI=1S/C27H25ClFN7O4/c1-13(2)22(33-18-11-32-27(40-5)34-24(18)39-4)20-21(31)26(38)36(19-9-15(28)12-35(3)25(19)37)23(20)16-7-6-14(10-30)8-17(16)29/h6-9,11-13,23,31,33H,1-5H3/b22-20+,31-21?. The van der Waals surface area contributed by atoms with Crippen molar-refractivity contribution < 1.29 is 18.7 Å². The summed E-state index contributed by atoms with van der Waals surface area (Å²) in [5, 5.41) is 21.5. The molecule has 1 atom stereocenters. The van der Waals surface area contributed by atoms with E-state index in [2.05, 4.69) is 15.3 Å². The molecule has 1 aliphatic rings. The van der Waals surface area contributed by atoms with E-state index in [1.54, 1.807) is 0 Å². The lowest BCUT2D eigenvalue weighted by atomic mass is 9.91. The fraction of sp³-hybridized carbons (Fsp3) is 0.259. The minimum absolute atomic E-state index is 0.0236. The number of carbonyl (C=O) groups is 1. The van der Waals surface area contributed by atoms with Gasteiger partial charge < -0.3 is 19.4 Å². The number of halogens is 2. The summed E-state index contributed by atoms with van der Waals surface area (Å²) >= 11 is 6.24. The van der Waals surface area contributed by atoms with E-state index in [1.165, 1.54) is 56.4 Å². The number of aryl methyl sites for hydroxylation is 1. The second-order valence-corrected chi connectivity index (χ2v) is 9.58. The fourth-order valence-electron chi connectivity index (χ4n) is 4.45. The molecule has 1 aromatic carbocycles. The molecule has 3 heterocycles. The SMILES string of the molecule is COc1ncc(N/C(=C2\C(=N)C(=O)N(c3cc(Cl)cn(C)c3=O)C2c2ccc(C#N)cc2F)C(C)C)c(OC)n1. The Balaban J connectivity index is 2.03. The zero-order chi connectivity index (χ0) is 29.3. The molecule has 1 saturated heterocycles. The second-order valence-electron chi connectivity index (χ2n) is 9.15. The zero-order valence-electron chi connectivity index (χ0n) is 22.2. The molecule has 2 N–H and O–H groups in total. The molecule has 40 heavy (non-hydrogen) atoms. The van der Waals surface area contributed by atoms with Crippen LogP contribution in [0.2, 0.25) is 5.02 Å². The number of hydrogen-bond acceptors (Lipinski definition) is 9. The number of amides is 1. The lowest BCUT2D eigenvalue weighted by molar-refractivity contribution is -0.112. The highest BCUT2D eigenvalue weighted by Gasteiger charge is 2.46. The zero-order valence-corrected chi connectivity index (χ0v) is 23.0. The Morgan fingerprint density at radius 2 is 1.98 bits per heavy atom. The Morgan fingerprint density at radius 1 is 1.25 bits per heavy atom. The van der Waals surface area contributed by atoms with Crippen LogP contribution in [0.25, 0.3) is 0 Å². The Morgan fingerprint density at radius 3 is 2.58 bits per heavy atom. The highest BCUT2D eigenvalue weighted by Crippen LogP contribution is 2.43. The number of nitriles is 1. The molecular formula is C27H25ClFN7O4. The van der Waals surface area contributed by atoms with Gasteiger partial charge in [0.25, 0.3) is 11.5 Å². The number of nitrogens with one attached hydrogen (secondary N) is 2. The lowest BCUT2D eigenvalue weighted by Crippen LogP contribution is -2.35. The maximum Gasteiger partial charge on any atom is 0.319 e. The molecule has 206 valence electrons. The van der Waals surface area contributed by atoms with Crippen LogP contribution in [0.4, 0.5) is 15.8 Å². The number of rotatable bonds is 7. The Labute approximate surface area is 234 Å². The van der Waals surface area contributed by atoms with Gasteiger partial charge in [0.2, 0.25) is 5.88 Å². The minimum Gasteiger partial charge on any atom is -0.479 e. The van der Waals surface area contributed by atoms with Crippen molar-refractivity contribution in [2.45, 2.75) is 19.9 Å². The van der Waals surface area contributed by atoms with Crippen LogP contribution in [0.5, 0.6) is 11.9 Å². The first-order chi connectivity index (χ1) is 19.0. The van der Waals surface area contributed by atoms with E-state index in [0.717, 1.165) is 11.0 Å². The maximum absolute atomic E-state index is 15.6. The van der Waals surface area contributed by atoms with Crippen LogP contribution in [-0.2, 0) is 11.8 Å². The second kappa shape index (κ2) is 11.2. The van der Waals surface area contributed by atoms with E-state index in [0.29, 0.717) is 11.4 Å². The number of anilines is 2. The summed E-state index contributed by atoms with van der Waals surface area (Å²) < 4.78 is 27.2. The van der Waals surface area contributed by atoms with Crippen molar-refractivity contribution >= 4 is 34.6 Å². The summed E-state index contributed by atoms with van der Waals surface area (Å²) in [5.41, 5.74) is -0.347. The number of allylic oxidation sites excluding steroid dienone is 1. The van der Waals surface area contributed by atoms with Crippen LogP contribution < -0.4 is 25.2 Å². The van der Waals surface area contributed by atoms with Gasteiger partial charge in [-0.05, 0) is 24.1 Å². The topological polar surface area (TPSA) is 146 Å². The van der Waals surface area contributed by atoms with Gasteiger partial charge in [-0.2, -0.15) is 10.2 Å². The van der Waals surface area contributed by atoms with Crippen molar-refractivity contribution in [3.63, 3.8) is 0 Å². The molecule has 11 nitrogen and oxygen atoms in total. The average Bonchev–Trinajstić information content (AvgIpc) is 3.18. The summed E-state index contributed by atoms with van der Waals surface area (Å²) in [7, 11) is 4.27. The molecule has 0 bridgehead atoms. The first-order valence-corrected chi connectivity index (χ1v) is 12.3. The Kier molecular flexibility index (Phi) is 7.88. The molecule has 2 aromatic heterocycles. The van der Waals surface area contributed by atoms with E-state index < -0.39 is 29.0 Å². The van der Waals surface area contributed by atoms with Gasteiger partial charge in [0.1, 0.15) is 22.9 Å². The third-order valence-corrected chi connectivity index (χ3v) is 6.50. The molecule has 1 aliphatic heterocycles. The molecule has 0 radical (unpaired) electrons. The van der Waals surface area contributed by atoms with E-state index in [4.69, 9.17) is 26.5 Å². The molecule has 3 aromatic rings. The van der Waals surface area contributed by atoms with Crippen LogP contribution in [0.3, 0.4) is 0 Å². The predicted molar refractivity (Wildman–Crippen MR) is 146 cm³/mol. The van der Waals surface area contributed by atoms with Crippen LogP contribution in [0, 0.1) is 28.5 Å². The van der Waals surface area contributed by atoms with E-state index in [-0.39, 0.29) is 45.2 Å². The monoisotopic (exact) mass is 565 g/mol. The van der Waals surface area contributed by atoms with Crippen molar-refractivity contribution in [3.8, 4) is 18.0 Å². The molecule has 4 rings (SSSR count). The number of benzene rings is 1. The molecular weight excluding hydrogens is 541 g/mol. The fourth-order valence-corrected chi connectivity index (χ4v) is 4.70. The number of methoxy groups -OCH3 is 2. The van der Waals surface area contributed by atoms with Crippen molar-refractivity contribution in [1.82, 2.24) is 14.5 Å². The summed E-state index contributed by atoms with van der Waals surface area (Å²) in [6.07, 6.45) is 2.79. The smallest absolute Gasteiger partial charge is 0.319 e. The number of ether oxygens (including phenoxy) is 2. The maximum atomic E-state index is 15.6. The summed E-state index contributed by atoms with van der Waals surface area (Å²) in [5.74, 6) is -1.84. The van der Waals surface area contributed by atoms with Crippen LogP contribution in [-0.4, -0.2) is 40.4 Å². The molecule has 1 fully saturated rings. The van der Waals surface area contributed by atoms with Crippen molar-refractivity contribution in [2.24, 2.45) is 13.0 Å². The van der Waals surface area contributed by atoms with Gasteiger partial charge in [-0.15, -0.1) is 0 Å². The Bertz CT molecular complexity index is 1660. The summed E-state index contributed by atoms with van der Waals surface area (Å²) in [6, 6.07) is 5.79. The van der Waals surface area contributed by atoms with Gasteiger partial charge in [0, 0.05) is 30.1 Å². The van der Waals surface area contributed by atoms with Gasteiger partial charge in [-0.3, -0.25) is 19.9 Å². The summed E-state index contributed by atoms with van der Waals surface area (Å²) in [4.78, 5) is 36.2. The van der Waals surface area contributed by atoms with Gasteiger partial charge in [-0.25, -0.2) is 9.37 Å². The first kappa shape index (κ1) is 28.3. The van der Waals surface area contributed by atoms with Crippen molar-refractivity contribution in [3.05, 3.63) is 80.2 Å². The highest BCUT2D eigenvalue weighted by atomic mass is 35.5. The number of pyridine rings is 1. The van der Waals surface area contributed by atoms with E-state index >= 15 is 4.39 Å². The molecule has 0 saturated carbocycles. The van der Waals surface area contributed by atoms with Crippen molar-refractivity contribution in [2.75, 3.05) is 24.4 Å². The third kappa shape index (κ3) is 4.99.